The van der Waals surface area contributed by atoms with Crippen LogP contribution >= 0.6 is 35.6 Å². The molecule has 15 nitrogen and oxygen atoms in total. The first-order valence-corrected chi connectivity index (χ1v) is 20.9. The van der Waals surface area contributed by atoms with Crippen LogP contribution in [0.2, 0.25) is 10.0 Å². The second-order valence-electron chi connectivity index (χ2n) is 16.9. The van der Waals surface area contributed by atoms with Crippen LogP contribution in [0, 0.1) is 10.8 Å². The molecular formula is C46H49Cl3N8O7. The van der Waals surface area contributed by atoms with E-state index in [0.29, 0.717) is 45.0 Å². The number of amides is 3. The minimum absolute atomic E-state index is 0. The van der Waals surface area contributed by atoms with Crippen molar-refractivity contribution >= 4 is 81.4 Å². The SMILES string of the molecule is CC1(C)CN(C(=O)Cn2c(=O)c(C(=O)NCc3ccc(Cl)cc3)cc3cccnc32)C1.CC1(C)CNC1.Cl.O=C(O)Cn1c(=O)c(C(=O)NCc2ccc(Cl)cc2)cc2cccnc21. The number of halogens is 3. The van der Waals surface area contributed by atoms with Crippen molar-refractivity contribution in [2.24, 2.45) is 10.8 Å². The van der Waals surface area contributed by atoms with Gasteiger partial charge >= 0.3 is 5.97 Å². The molecule has 2 aliphatic heterocycles. The number of pyridine rings is 4. The van der Waals surface area contributed by atoms with Crippen LogP contribution in [0.5, 0.6) is 0 Å². The van der Waals surface area contributed by atoms with E-state index in [1.165, 1.54) is 36.0 Å². The Kier molecular flexibility index (Phi) is 16.1. The molecule has 2 aromatic carbocycles. The predicted octanol–water partition coefficient (Wildman–Crippen LogP) is 5.95. The van der Waals surface area contributed by atoms with Gasteiger partial charge in [-0.2, -0.15) is 0 Å². The van der Waals surface area contributed by atoms with Gasteiger partial charge in [0.05, 0.1) is 0 Å². The maximum Gasteiger partial charge on any atom is 0.323 e. The third-order valence-electron chi connectivity index (χ3n) is 10.3. The van der Waals surface area contributed by atoms with E-state index in [0.717, 1.165) is 15.7 Å². The van der Waals surface area contributed by atoms with Crippen molar-refractivity contribution < 1.29 is 24.3 Å². The maximum atomic E-state index is 13.1. The van der Waals surface area contributed by atoms with Gasteiger partial charge in [-0.25, -0.2) is 9.97 Å². The standard InChI is InChI=1S/C23H23ClN4O3.C18H14ClN3O4.C5H11N.ClH/c1-23(2)13-27(14-23)19(29)12-28-20-16(4-3-9-25-20)10-18(22(28)31)21(30)26-11-15-5-7-17(24)8-6-15;19-13-5-3-11(4-6-13)9-21-17(25)14-8-12-2-1-7-20-16(12)22(18(14)26)10-15(23)24;1-5(2)3-6-4-5;/h3-10H,11-14H2,1-2H3,(H,26,30);1-8H,9-10H2,(H,21,25)(H,23,24);6H,3-4H2,1-2H3;1H. The second-order valence-corrected chi connectivity index (χ2v) is 17.8. The highest BCUT2D eigenvalue weighted by atomic mass is 35.5. The summed E-state index contributed by atoms with van der Waals surface area (Å²) in [6.45, 7) is 12.1. The highest BCUT2D eigenvalue weighted by molar-refractivity contribution is 6.30. The average Bonchev–Trinajstić information content (AvgIpc) is 3.23. The fraction of sp³-hybridized carbons (Fsp3) is 0.304. The van der Waals surface area contributed by atoms with Crippen molar-refractivity contribution in [3.63, 3.8) is 0 Å². The van der Waals surface area contributed by atoms with Gasteiger partial charge in [-0.1, -0.05) is 75.2 Å². The van der Waals surface area contributed by atoms with E-state index in [4.69, 9.17) is 28.3 Å². The number of carbonyl (C=O) groups excluding carboxylic acids is 3. The van der Waals surface area contributed by atoms with Crippen LogP contribution in [-0.2, 0) is 35.8 Å². The smallest absolute Gasteiger partial charge is 0.323 e. The summed E-state index contributed by atoms with van der Waals surface area (Å²) in [4.78, 5) is 84.9. The number of benzene rings is 2. The number of carboxylic acid groups (broad SMARTS) is 1. The molecule has 0 unspecified atom stereocenters. The number of fused-ring (bicyclic) bond motifs is 2. The average molecular weight is 932 g/mol. The number of hydrogen-bond donors (Lipinski definition) is 4. The highest BCUT2D eigenvalue weighted by Crippen LogP contribution is 2.29. The van der Waals surface area contributed by atoms with Gasteiger partial charge in [0.15, 0.2) is 0 Å². The molecule has 0 atom stereocenters. The van der Waals surface area contributed by atoms with Crippen molar-refractivity contribution in [3.05, 3.63) is 150 Å². The summed E-state index contributed by atoms with van der Waals surface area (Å²) in [5.74, 6) is -2.45. The lowest BCUT2D eigenvalue weighted by Crippen LogP contribution is -2.56. The fourth-order valence-corrected chi connectivity index (χ4v) is 7.20. The Morgan fingerprint density at radius 1 is 0.672 bits per heavy atom. The fourth-order valence-electron chi connectivity index (χ4n) is 6.95. The quantitative estimate of drug-likeness (QED) is 0.127. The molecule has 64 heavy (non-hydrogen) atoms. The van der Waals surface area contributed by atoms with Crippen LogP contribution in [-0.4, -0.2) is 79.0 Å². The Bertz CT molecular complexity index is 2780. The highest BCUT2D eigenvalue weighted by Gasteiger charge is 2.37. The first kappa shape index (κ1) is 48.9. The van der Waals surface area contributed by atoms with Gasteiger partial charge in [0.25, 0.3) is 22.9 Å². The minimum Gasteiger partial charge on any atom is -0.480 e. The van der Waals surface area contributed by atoms with Gasteiger partial charge in [-0.3, -0.25) is 37.9 Å². The summed E-state index contributed by atoms with van der Waals surface area (Å²) in [5, 5.41) is 20.0. The molecule has 336 valence electrons. The molecule has 4 aromatic heterocycles. The van der Waals surface area contributed by atoms with Gasteiger partial charge in [0.1, 0.15) is 35.5 Å². The number of likely N-dealkylation sites (tertiary alicyclic amines) is 1. The number of hydrogen-bond acceptors (Lipinski definition) is 9. The van der Waals surface area contributed by atoms with E-state index in [2.05, 4.69) is 53.6 Å². The molecule has 0 saturated carbocycles. The van der Waals surface area contributed by atoms with E-state index < -0.39 is 35.4 Å². The molecule has 3 amide bonds. The first-order valence-electron chi connectivity index (χ1n) is 20.1. The summed E-state index contributed by atoms with van der Waals surface area (Å²) >= 11 is 11.7. The van der Waals surface area contributed by atoms with E-state index in [-0.39, 0.29) is 60.1 Å². The molecule has 6 aromatic rings. The van der Waals surface area contributed by atoms with Gasteiger partial charge in [0, 0.05) is 72.5 Å². The predicted molar refractivity (Wildman–Crippen MR) is 249 cm³/mol. The number of carbonyl (C=O) groups is 4. The zero-order valence-electron chi connectivity index (χ0n) is 35.7. The van der Waals surface area contributed by atoms with Gasteiger partial charge < -0.3 is 26.0 Å². The Hall–Kier alpha value is -6.13. The largest absolute Gasteiger partial charge is 0.480 e. The van der Waals surface area contributed by atoms with E-state index in [9.17, 15) is 28.8 Å². The first-order chi connectivity index (χ1) is 29.9. The Morgan fingerprint density at radius 3 is 1.44 bits per heavy atom. The van der Waals surface area contributed by atoms with Crippen molar-refractivity contribution in [1.82, 2.24) is 40.0 Å². The van der Waals surface area contributed by atoms with Crippen molar-refractivity contribution in [1.29, 1.82) is 0 Å². The zero-order chi connectivity index (χ0) is 45.5. The van der Waals surface area contributed by atoms with E-state index in [1.54, 1.807) is 83.9 Å². The summed E-state index contributed by atoms with van der Waals surface area (Å²) < 4.78 is 2.27. The molecule has 18 heteroatoms. The molecule has 0 aliphatic carbocycles. The summed E-state index contributed by atoms with van der Waals surface area (Å²) in [6, 6.07) is 23.7. The van der Waals surface area contributed by atoms with Crippen LogP contribution in [0.15, 0.2) is 107 Å². The van der Waals surface area contributed by atoms with Gasteiger partial charge in [0.2, 0.25) is 5.91 Å². The molecule has 2 saturated heterocycles. The maximum absolute atomic E-state index is 13.1. The van der Waals surface area contributed by atoms with Crippen LogP contribution in [0.4, 0.5) is 0 Å². The Morgan fingerprint density at radius 2 is 1.08 bits per heavy atom. The van der Waals surface area contributed by atoms with Gasteiger partial charge in [-0.15, -0.1) is 12.4 Å². The van der Waals surface area contributed by atoms with Crippen molar-refractivity contribution in [2.45, 2.75) is 53.9 Å². The molecular weight excluding hydrogens is 883 g/mol. The number of nitrogens with zero attached hydrogens (tertiary/aromatic N) is 5. The third-order valence-corrected chi connectivity index (χ3v) is 10.8. The number of rotatable bonds is 10. The second kappa shape index (κ2) is 21.0. The molecule has 4 N–H and O–H groups in total. The Balaban J connectivity index is 0.000000212. The topological polar surface area (TPSA) is 198 Å². The molecule has 0 spiro atoms. The zero-order valence-corrected chi connectivity index (χ0v) is 38.0. The molecule has 2 fully saturated rings. The van der Waals surface area contributed by atoms with Crippen molar-refractivity contribution in [3.8, 4) is 0 Å². The van der Waals surface area contributed by atoms with E-state index >= 15 is 0 Å². The number of nitrogens with one attached hydrogen (secondary N) is 3. The number of aromatic nitrogens is 4. The van der Waals surface area contributed by atoms with Crippen molar-refractivity contribution in [2.75, 3.05) is 26.2 Å². The lowest BCUT2D eigenvalue weighted by Gasteiger charge is -2.45. The van der Waals surface area contributed by atoms with Crippen LogP contribution in [0.1, 0.15) is 59.5 Å². The monoisotopic (exact) mass is 930 g/mol. The third kappa shape index (κ3) is 12.5. The minimum atomic E-state index is -1.20. The van der Waals surface area contributed by atoms with Crippen LogP contribution in [0.25, 0.3) is 22.1 Å². The molecule has 2 aliphatic rings. The number of aliphatic carboxylic acids is 1. The Labute approximate surface area is 385 Å². The van der Waals surface area contributed by atoms with Crippen LogP contribution in [0.3, 0.4) is 0 Å². The molecule has 8 rings (SSSR count). The molecule has 6 heterocycles. The lowest BCUT2D eigenvalue weighted by atomic mass is 9.84. The summed E-state index contributed by atoms with van der Waals surface area (Å²) in [6.07, 6.45) is 3.02. The normalized spacial score (nSPS) is 14.2. The molecule has 0 bridgehead atoms. The van der Waals surface area contributed by atoms with Gasteiger partial charge in [-0.05, 0) is 82.6 Å². The molecule has 0 radical (unpaired) electrons. The summed E-state index contributed by atoms with van der Waals surface area (Å²) in [7, 11) is 0. The van der Waals surface area contributed by atoms with Crippen LogP contribution < -0.4 is 27.1 Å². The van der Waals surface area contributed by atoms with E-state index in [1.807, 2.05) is 0 Å². The number of carboxylic acids is 1. The summed E-state index contributed by atoms with van der Waals surface area (Å²) in [5.41, 5.74) is 1.58. The lowest BCUT2D eigenvalue weighted by molar-refractivity contribution is -0.142.